The van der Waals surface area contributed by atoms with Crippen LogP contribution in [0, 0.1) is 0 Å². The van der Waals surface area contributed by atoms with Crippen LogP contribution in [0.1, 0.15) is 11.0 Å². The van der Waals surface area contributed by atoms with Gasteiger partial charge in [0, 0.05) is 11.4 Å². The second-order valence-corrected chi connectivity index (χ2v) is 7.50. The van der Waals surface area contributed by atoms with Gasteiger partial charge in [0.2, 0.25) is 10.0 Å². The molecule has 22 heavy (non-hydrogen) atoms. The van der Waals surface area contributed by atoms with Gasteiger partial charge in [-0.3, -0.25) is 0 Å². The highest BCUT2D eigenvalue weighted by atomic mass is 35.5. The van der Waals surface area contributed by atoms with E-state index in [0.717, 1.165) is 4.88 Å². The van der Waals surface area contributed by atoms with Gasteiger partial charge in [-0.2, -0.15) is 0 Å². The van der Waals surface area contributed by atoms with Crippen LogP contribution in [-0.4, -0.2) is 33.3 Å². The third kappa shape index (κ3) is 4.52. The van der Waals surface area contributed by atoms with Gasteiger partial charge >= 0.3 is 0 Å². The van der Waals surface area contributed by atoms with E-state index in [0.29, 0.717) is 0 Å². The lowest BCUT2D eigenvalue weighted by atomic mass is 10.3. The van der Waals surface area contributed by atoms with Crippen LogP contribution < -0.4 is 4.72 Å². The number of halogens is 1. The topological polar surface area (TPSA) is 75.6 Å². The zero-order valence-corrected chi connectivity index (χ0v) is 14.0. The van der Waals surface area contributed by atoms with Crippen molar-refractivity contribution in [2.75, 3.05) is 19.8 Å². The van der Waals surface area contributed by atoms with Crippen molar-refractivity contribution in [3.8, 4) is 0 Å². The number of thiophene rings is 1. The zero-order chi connectivity index (χ0) is 16.0. The fourth-order valence-electron chi connectivity index (χ4n) is 1.84. The molecule has 0 fully saturated rings. The van der Waals surface area contributed by atoms with E-state index in [-0.39, 0.29) is 29.7 Å². The van der Waals surface area contributed by atoms with Crippen LogP contribution >= 0.6 is 22.9 Å². The minimum atomic E-state index is -3.72. The second kappa shape index (κ2) is 8.05. The molecule has 2 rings (SSSR count). The summed E-state index contributed by atoms with van der Waals surface area (Å²) in [6.45, 7) is 0.0730. The summed E-state index contributed by atoms with van der Waals surface area (Å²) in [5.41, 5.74) is 0. The first kappa shape index (κ1) is 17.4. The number of hydrogen-bond acceptors (Lipinski definition) is 5. The van der Waals surface area contributed by atoms with E-state index in [4.69, 9.17) is 21.4 Å². The number of aliphatic hydroxyl groups excluding tert-OH is 1. The van der Waals surface area contributed by atoms with Gasteiger partial charge in [0.1, 0.15) is 11.0 Å². The molecule has 5 nitrogen and oxygen atoms in total. The number of aliphatic hydroxyl groups is 1. The molecule has 1 atom stereocenters. The SMILES string of the molecule is O=S(=O)(NC[C@H](OCCO)c1cccs1)c1ccccc1Cl. The van der Waals surface area contributed by atoms with E-state index >= 15 is 0 Å². The predicted molar refractivity (Wildman–Crippen MR) is 86.7 cm³/mol. The molecule has 0 saturated carbocycles. The predicted octanol–water partition coefficient (Wildman–Crippen LogP) is 2.43. The molecular weight excluding hydrogens is 346 g/mol. The Bertz CT molecular complexity index is 689. The third-order valence-corrected chi connectivity index (χ3v) is 5.74. The van der Waals surface area contributed by atoms with Crippen LogP contribution in [0.15, 0.2) is 46.7 Å². The van der Waals surface area contributed by atoms with Crippen LogP contribution in [0.4, 0.5) is 0 Å². The molecule has 8 heteroatoms. The Balaban J connectivity index is 2.10. The van der Waals surface area contributed by atoms with Crippen LogP contribution in [-0.2, 0) is 14.8 Å². The number of nitrogens with one attached hydrogen (secondary N) is 1. The van der Waals surface area contributed by atoms with Gasteiger partial charge < -0.3 is 9.84 Å². The highest BCUT2D eigenvalue weighted by Crippen LogP contribution is 2.24. The molecular formula is C14H16ClNO4S2. The van der Waals surface area contributed by atoms with Crippen molar-refractivity contribution in [1.29, 1.82) is 0 Å². The molecule has 0 radical (unpaired) electrons. The smallest absolute Gasteiger partial charge is 0.242 e. The van der Waals surface area contributed by atoms with E-state index in [1.54, 1.807) is 12.1 Å². The third-order valence-electron chi connectivity index (χ3n) is 2.86. The summed E-state index contributed by atoms with van der Waals surface area (Å²) in [5, 5.41) is 10.9. The molecule has 1 aromatic heterocycles. The average Bonchev–Trinajstić information content (AvgIpc) is 3.02. The van der Waals surface area contributed by atoms with Crippen LogP contribution in [0.5, 0.6) is 0 Å². The largest absolute Gasteiger partial charge is 0.394 e. The number of hydrogen-bond donors (Lipinski definition) is 2. The summed E-state index contributed by atoms with van der Waals surface area (Å²) < 4.78 is 32.6. The first-order valence-corrected chi connectivity index (χ1v) is 9.28. The van der Waals surface area contributed by atoms with Crippen molar-refractivity contribution in [3.63, 3.8) is 0 Å². The highest BCUT2D eigenvalue weighted by Gasteiger charge is 2.21. The normalized spacial score (nSPS) is 13.2. The Morgan fingerprint density at radius 2 is 2.05 bits per heavy atom. The van der Waals surface area contributed by atoms with Gasteiger partial charge in [-0.1, -0.05) is 29.8 Å². The fourth-order valence-corrected chi connectivity index (χ4v) is 4.16. The Labute approximate surface area is 138 Å². The van der Waals surface area contributed by atoms with Gasteiger partial charge in [0.05, 0.1) is 18.2 Å². The number of ether oxygens (including phenoxy) is 1. The number of sulfonamides is 1. The molecule has 0 aliphatic rings. The average molecular weight is 362 g/mol. The Hall–Kier alpha value is -0.960. The highest BCUT2D eigenvalue weighted by molar-refractivity contribution is 7.89. The minimum absolute atomic E-state index is 0.0313. The lowest BCUT2D eigenvalue weighted by Crippen LogP contribution is -2.30. The minimum Gasteiger partial charge on any atom is -0.394 e. The van der Waals surface area contributed by atoms with Crippen LogP contribution in [0.2, 0.25) is 5.02 Å². The second-order valence-electron chi connectivity index (χ2n) is 4.38. The van der Waals surface area contributed by atoms with Crippen molar-refractivity contribution >= 4 is 33.0 Å². The summed E-state index contributed by atoms with van der Waals surface area (Å²) in [6.07, 6.45) is -0.454. The number of benzene rings is 1. The molecule has 0 aliphatic heterocycles. The van der Waals surface area contributed by atoms with Crippen molar-refractivity contribution < 1.29 is 18.3 Å². The molecule has 0 aliphatic carbocycles. The van der Waals surface area contributed by atoms with Crippen molar-refractivity contribution in [2.45, 2.75) is 11.0 Å². The monoisotopic (exact) mass is 361 g/mol. The maximum atomic E-state index is 12.3. The molecule has 0 amide bonds. The Morgan fingerprint density at radius 1 is 1.27 bits per heavy atom. The number of rotatable bonds is 8. The molecule has 1 aromatic carbocycles. The van der Waals surface area contributed by atoms with Crippen LogP contribution in [0.3, 0.4) is 0 Å². The Kier molecular flexibility index (Phi) is 6.37. The van der Waals surface area contributed by atoms with E-state index in [1.807, 2.05) is 17.5 Å². The van der Waals surface area contributed by atoms with E-state index in [2.05, 4.69) is 4.72 Å². The molecule has 0 bridgehead atoms. The zero-order valence-electron chi connectivity index (χ0n) is 11.6. The lowest BCUT2D eigenvalue weighted by molar-refractivity contribution is 0.0328. The van der Waals surface area contributed by atoms with E-state index in [1.165, 1.54) is 23.5 Å². The summed E-state index contributed by atoms with van der Waals surface area (Å²) in [7, 11) is -3.72. The molecule has 1 heterocycles. The first-order chi connectivity index (χ1) is 10.5. The van der Waals surface area contributed by atoms with Gasteiger partial charge in [-0.15, -0.1) is 11.3 Å². The maximum Gasteiger partial charge on any atom is 0.242 e. The summed E-state index contributed by atoms with van der Waals surface area (Å²) in [5.74, 6) is 0. The molecule has 0 unspecified atom stereocenters. The van der Waals surface area contributed by atoms with Gasteiger partial charge in [-0.05, 0) is 23.6 Å². The maximum absolute atomic E-state index is 12.3. The quantitative estimate of drug-likeness (QED) is 0.757. The van der Waals surface area contributed by atoms with Crippen LogP contribution in [0.25, 0.3) is 0 Å². The fraction of sp³-hybridized carbons (Fsp3) is 0.286. The molecule has 2 N–H and O–H groups in total. The standard InChI is InChI=1S/C14H16ClNO4S2/c15-11-4-1-2-6-14(11)22(18,19)16-10-12(20-8-7-17)13-5-3-9-21-13/h1-6,9,12,16-17H,7-8,10H2/t12-/m0/s1. The van der Waals surface area contributed by atoms with E-state index in [9.17, 15) is 8.42 Å². The first-order valence-electron chi connectivity index (χ1n) is 6.54. The van der Waals surface area contributed by atoms with Crippen molar-refractivity contribution in [1.82, 2.24) is 4.72 Å². The van der Waals surface area contributed by atoms with Gasteiger partial charge in [0.25, 0.3) is 0 Å². The lowest BCUT2D eigenvalue weighted by Gasteiger charge is -2.17. The van der Waals surface area contributed by atoms with Crippen molar-refractivity contribution in [2.24, 2.45) is 0 Å². The Morgan fingerprint density at radius 3 is 2.68 bits per heavy atom. The van der Waals surface area contributed by atoms with Gasteiger partial charge in [-0.25, -0.2) is 13.1 Å². The molecule has 0 saturated heterocycles. The summed E-state index contributed by atoms with van der Waals surface area (Å²) in [6, 6.07) is 9.96. The molecule has 120 valence electrons. The summed E-state index contributed by atoms with van der Waals surface area (Å²) in [4.78, 5) is 0.916. The van der Waals surface area contributed by atoms with Gasteiger partial charge in [0.15, 0.2) is 0 Å². The van der Waals surface area contributed by atoms with Crippen molar-refractivity contribution in [3.05, 3.63) is 51.7 Å². The van der Waals surface area contributed by atoms with E-state index < -0.39 is 16.1 Å². The molecule has 2 aromatic rings. The molecule has 0 spiro atoms. The summed E-state index contributed by atoms with van der Waals surface area (Å²) >= 11 is 7.39.